The zero-order valence-electron chi connectivity index (χ0n) is 8.29. The van der Waals surface area contributed by atoms with Gasteiger partial charge in [-0.15, -0.1) is 0 Å². The molecule has 3 N–H and O–H groups in total. The zero-order valence-corrected chi connectivity index (χ0v) is 9.11. The van der Waals surface area contributed by atoms with E-state index in [1.165, 1.54) is 18.2 Å². The highest BCUT2D eigenvalue weighted by Gasteiger charge is 2.26. The Balaban J connectivity index is 2.42. The number of hydrogen-bond donors (Lipinski definition) is 2. The zero-order chi connectivity index (χ0) is 11.8. The van der Waals surface area contributed by atoms with Gasteiger partial charge >= 0.3 is 0 Å². The van der Waals surface area contributed by atoms with Gasteiger partial charge in [0.25, 0.3) is 0 Å². The molecule has 1 aliphatic rings. The molecule has 1 unspecified atom stereocenters. The summed E-state index contributed by atoms with van der Waals surface area (Å²) in [6.45, 7) is -0.283. The highest BCUT2D eigenvalue weighted by atomic mass is 32.2. The van der Waals surface area contributed by atoms with Crippen LogP contribution in [0.4, 0.5) is 0 Å². The summed E-state index contributed by atoms with van der Waals surface area (Å²) in [4.78, 5) is -0.0327. The normalized spacial score (nSPS) is 16.1. The lowest BCUT2D eigenvalue weighted by molar-refractivity contribution is 0.174. The number of sulfone groups is 1. The van der Waals surface area contributed by atoms with E-state index in [1.54, 1.807) is 0 Å². The van der Waals surface area contributed by atoms with Gasteiger partial charge in [-0.1, -0.05) is 0 Å². The molecule has 0 saturated carbocycles. The Bertz CT molecular complexity index is 499. The van der Waals surface area contributed by atoms with Crippen molar-refractivity contribution in [2.24, 2.45) is 5.73 Å². The van der Waals surface area contributed by atoms with Crippen LogP contribution in [-0.2, 0) is 9.84 Å². The van der Waals surface area contributed by atoms with Gasteiger partial charge in [0.1, 0.15) is 0 Å². The largest absolute Gasteiger partial charge is 0.454 e. The molecule has 0 radical (unpaired) electrons. The van der Waals surface area contributed by atoms with Gasteiger partial charge in [-0.3, -0.25) is 0 Å². The SMILES string of the molecule is NCC(O)S(=O)(=O)c1ccc2c(c1)OCO2. The maximum absolute atomic E-state index is 11.7. The molecule has 1 heterocycles. The standard InChI is InChI=1S/C9H11NO5S/c10-4-9(11)16(12,13)6-1-2-7-8(3-6)15-5-14-7/h1-3,9,11H,4-5,10H2. The van der Waals surface area contributed by atoms with Crippen molar-refractivity contribution in [3.63, 3.8) is 0 Å². The van der Waals surface area contributed by atoms with E-state index in [0.29, 0.717) is 11.5 Å². The summed E-state index contributed by atoms with van der Waals surface area (Å²) in [5.74, 6) is 0.839. The number of nitrogens with two attached hydrogens (primary N) is 1. The van der Waals surface area contributed by atoms with Crippen molar-refractivity contribution in [3.05, 3.63) is 18.2 Å². The second-order valence-electron chi connectivity index (χ2n) is 3.25. The van der Waals surface area contributed by atoms with Gasteiger partial charge < -0.3 is 20.3 Å². The number of fused-ring (bicyclic) bond motifs is 1. The van der Waals surface area contributed by atoms with Crippen molar-refractivity contribution < 1.29 is 23.0 Å². The summed E-state index contributed by atoms with van der Waals surface area (Å²) >= 11 is 0. The second-order valence-corrected chi connectivity index (χ2v) is 5.36. The Morgan fingerprint density at radius 3 is 2.75 bits per heavy atom. The first kappa shape index (κ1) is 11.2. The van der Waals surface area contributed by atoms with Crippen LogP contribution in [0.2, 0.25) is 0 Å². The Hall–Kier alpha value is -1.31. The first-order chi connectivity index (χ1) is 7.55. The van der Waals surface area contributed by atoms with Crippen molar-refractivity contribution in [3.8, 4) is 11.5 Å². The molecule has 6 nitrogen and oxygen atoms in total. The van der Waals surface area contributed by atoms with E-state index in [2.05, 4.69) is 0 Å². The number of hydrogen-bond acceptors (Lipinski definition) is 6. The van der Waals surface area contributed by atoms with Gasteiger partial charge in [-0.25, -0.2) is 8.42 Å². The topological polar surface area (TPSA) is 98.9 Å². The fraction of sp³-hybridized carbons (Fsp3) is 0.333. The molecule has 16 heavy (non-hydrogen) atoms. The van der Waals surface area contributed by atoms with Crippen LogP contribution in [0.3, 0.4) is 0 Å². The van der Waals surface area contributed by atoms with Crippen molar-refractivity contribution in [2.75, 3.05) is 13.3 Å². The molecule has 0 aromatic heterocycles. The minimum Gasteiger partial charge on any atom is -0.454 e. The lowest BCUT2D eigenvalue weighted by Crippen LogP contribution is -2.29. The molecule has 0 aliphatic carbocycles. The van der Waals surface area contributed by atoms with Crippen molar-refractivity contribution in [2.45, 2.75) is 10.3 Å². The average molecular weight is 245 g/mol. The first-order valence-electron chi connectivity index (χ1n) is 4.57. The van der Waals surface area contributed by atoms with Gasteiger partial charge in [-0.2, -0.15) is 0 Å². The third kappa shape index (κ3) is 1.73. The highest BCUT2D eigenvalue weighted by molar-refractivity contribution is 7.91. The fourth-order valence-electron chi connectivity index (χ4n) is 1.34. The predicted octanol–water partition coefficient (Wildman–Crippen LogP) is -0.534. The molecule has 1 atom stereocenters. The van der Waals surface area contributed by atoms with E-state index in [1.807, 2.05) is 0 Å². The summed E-state index contributed by atoms with van der Waals surface area (Å²) in [6, 6.07) is 4.15. The van der Waals surface area contributed by atoms with Gasteiger partial charge in [0.2, 0.25) is 16.6 Å². The second kappa shape index (κ2) is 3.93. The Morgan fingerprint density at radius 1 is 1.38 bits per heavy atom. The molecule has 2 rings (SSSR count). The molecule has 1 aliphatic heterocycles. The molecule has 88 valence electrons. The molecule has 0 amide bonds. The van der Waals surface area contributed by atoms with Crippen LogP contribution in [0.1, 0.15) is 0 Å². The molecule has 1 aromatic rings. The van der Waals surface area contributed by atoms with Crippen LogP contribution in [-0.4, -0.2) is 32.3 Å². The minimum atomic E-state index is -3.82. The lowest BCUT2D eigenvalue weighted by atomic mass is 10.3. The Kier molecular flexibility index (Phi) is 2.75. The van der Waals surface area contributed by atoms with Gasteiger partial charge in [0.05, 0.1) is 4.90 Å². The summed E-state index contributed by atoms with van der Waals surface area (Å²) in [5, 5.41) is 9.30. The van der Waals surface area contributed by atoms with E-state index in [9.17, 15) is 13.5 Å². The summed E-state index contributed by atoms with van der Waals surface area (Å²) in [7, 11) is -3.82. The van der Waals surface area contributed by atoms with E-state index in [-0.39, 0.29) is 18.2 Å². The van der Waals surface area contributed by atoms with Gasteiger partial charge in [0.15, 0.2) is 16.9 Å². The fourth-order valence-corrected chi connectivity index (χ4v) is 2.43. The molecule has 0 saturated heterocycles. The average Bonchev–Trinajstić information content (AvgIpc) is 2.74. The first-order valence-corrected chi connectivity index (χ1v) is 6.12. The summed E-state index contributed by atoms with van der Waals surface area (Å²) < 4.78 is 33.6. The van der Waals surface area contributed by atoms with Gasteiger partial charge in [0, 0.05) is 12.6 Å². The van der Waals surface area contributed by atoms with Crippen molar-refractivity contribution in [1.29, 1.82) is 0 Å². The summed E-state index contributed by atoms with van der Waals surface area (Å²) in [5.41, 5.74) is 3.52. The third-order valence-corrected chi connectivity index (χ3v) is 4.05. The van der Waals surface area contributed by atoms with E-state index in [0.717, 1.165) is 0 Å². The Morgan fingerprint density at radius 2 is 2.06 bits per heavy atom. The number of aliphatic hydroxyl groups excluding tert-OH is 1. The molecule has 0 spiro atoms. The van der Waals surface area contributed by atoms with E-state index >= 15 is 0 Å². The number of ether oxygens (including phenoxy) is 2. The lowest BCUT2D eigenvalue weighted by Gasteiger charge is -2.09. The highest BCUT2D eigenvalue weighted by Crippen LogP contribution is 2.34. The van der Waals surface area contributed by atoms with Crippen LogP contribution in [0.15, 0.2) is 23.1 Å². The minimum absolute atomic E-state index is 0.0327. The van der Waals surface area contributed by atoms with E-state index < -0.39 is 15.3 Å². The van der Waals surface area contributed by atoms with Crippen LogP contribution in [0.25, 0.3) is 0 Å². The molecular weight excluding hydrogens is 234 g/mol. The van der Waals surface area contributed by atoms with Crippen molar-refractivity contribution in [1.82, 2.24) is 0 Å². The molecule has 0 bridgehead atoms. The summed E-state index contributed by atoms with van der Waals surface area (Å²) in [6.07, 6.45) is 0. The maximum atomic E-state index is 11.7. The molecule has 7 heteroatoms. The van der Waals surface area contributed by atoms with Crippen molar-refractivity contribution >= 4 is 9.84 Å². The maximum Gasteiger partial charge on any atom is 0.231 e. The number of rotatable bonds is 3. The number of benzene rings is 1. The van der Waals surface area contributed by atoms with Crippen LogP contribution < -0.4 is 15.2 Å². The van der Waals surface area contributed by atoms with Crippen LogP contribution in [0, 0.1) is 0 Å². The van der Waals surface area contributed by atoms with Gasteiger partial charge in [-0.05, 0) is 12.1 Å². The van der Waals surface area contributed by atoms with Crippen LogP contribution in [0.5, 0.6) is 11.5 Å². The predicted molar refractivity (Wildman–Crippen MR) is 54.8 cm³/mol. The van der Waals surface area contributed by atoms with Crippen LogP contribution >= 0.6 is 0 Å². The molecule has 1 aromatic carbocycles. The molecule has 0 fully saturated rings. The molecular formula is C9H11NO5S. The monoisotopic (exact) mass is 245 g/mol. The third-order valence-electron chi connectivity index (χ3n) is 2.23. The number of aliphatic hydroxyl groups is 1. The Labute approximate surface area is 92.5 Å². The smallest absolute Gasteiger partial charge is 0.231 e. The quantitative estimate of drug-likeness (QED) is 0.742. The van der Waals surface area contributed by atoms with E-state index in [4.69, 9.17) is 15.2 Å².